The van der Waals surface area contributed by atoms with Gasteiger partial charge in [-0.3, -0.25) is 0 Å². The Morgan fingerprint density at radius 1 is 0.897 bits per heavy atom. The molecule has 4 nitrogen and oxygen atoms in total. The molecule has 0 spiro atoms. The molecule has 1 aliphatic rings. The average molecular weight is 409 g/mol. The Bertz CT molecular complexity index is 949. The molecule has 1 N–H and O–H groups in total. The Balaban J connectivity index is 1.82. The molecular weight excluding hydrogens is 388 g/mol. The van der Waals surface area contributed by atoms with Crippen molar-refractivity contribution in [1.82, 2.24) is 0 Å². The second-order valence-electron chi connectivity index (χ2n) is 7.18. The van der Waals surface area contributed by atoms with Crippen LogP contribution in [0.4, 0.5) is 0 Å². The Morgan fingerprint density at radius 3 is 1.86 bits per heavy atom. The molecule has 3 aromatic rings. The van der Waals surface area contributed by atoms with Crippen molar-refractivity contribution in [2.45, 2.75) is 24.2 Å². The number of ether oxygens (including phenoxy) is 2. The summed E-state index contributed by atoms with van der Waals surface area (Å²) in [6.45, 7) is 2.05. The molecular formula is C24H21ClO4. The highest BCUT2D eigenvalue weighted by Crippen LogP contribution is 2.46. The Kier molecular flexibility index (Phi) is 5.17. The quantitative estimate of drug-likeness (QED) is 0.660. The second-order valence-corrected chi connectivity index (χ2v) is 7.62. The number of carbonyl (C=O) groups is 1. The summed E-state index contributed by atoms with van der Waals surface area (Å²) in [5.74, 6) is -3.08. The molecule has 2 atom stereocenters. The van der Waals surface area contributed by atoms with Gasteiger partial charge in [0, 0.05) is 10.6 Å². The number of aliphatic carboxylic acids is 1. The van der Waals surface area contributed by atoms with Gasteiger partial charge in [0.2, 0.25) is 0 Å². The van der Waals surface area contributed by atoms with Crippen molar-refractivity contribution < 1.29 is 19.4 Å². The average Bonchev–Trinajstić information content (AvgIpc) is 2.75. The molecule has 5 heteroatoms. The molecule has 1 aliphatic heterocycles. The van der Waals surface area contributed by atoms with Crippen molar-refractivity contribution in [3.63, 3.8) is 0 Å². The van der Waals surface area contributed by atoms with Gasteiger partial charge in [-0.15, -0.1) is 0 Å². The fourth-order valence-electron chi connectivity index (χ4n) is 4.05. The van der Waals surface area contributed by atoms with Gasteiger partial charge in [0.1, 0.15) is 0 Å². The predicted molar refractivity (Wildman–Crippen MR) is 111 cm³/mol. The monoisotopic (exact) mass is 408 g/mol. The van der Waals surface area contributed by atoms with E-state index in [9.17, 15) is 9.90 Å². The van der Waals surface area contributed by atoms with Gasteiger partial charge in [-0.1, -0.05) is 84.4 Å². The smallest absolute Gasteiger partial charge is 0.369 e. The third kappa shape index (κ3) is 3.23. The Morgan fingerprint density at radius 2 is 1.41 bits per heavy atom. The van der Waals surface area contributed by atoms with E-state index in [-0.39, 0.29) is 6.61 Å². The van der Waals surface area contributed by atoms with E-state index in [0.29, 0.717) is 10.6 Å². The first-order chi connectivity index (χ1) is 14.0. The fraction of sp³-hybridized carbons (Fsp3) is 0.208. The van der Waals surface area contributed by atoms with Gasteiger partial charge in [-0.2, -0.15) is 0 Å². The number of carboxylic acids is 1. The van der Waals surface area contributed by atoms with Crippen LogP contribution in [0.3, 0.4) is 0 Å². The standard InChI is InChI=1S/C24H21ClO4/c1-17-23(18-8-4-2-5-9-18,19-10-6-3-7-11-19)16-28-24(29-17,22(26)27)20-12-14-21(25)15-13-20/h2-15,17H,16H2,1H3,(H,26,27). The topological polar surface area (TPSA) is 55.8 Å². The maximum absolute atomic E-state index is 12.3. The first kappa shape index (κ1) is 19.6. The molecule has 4 rings (SSSR count). The van der Waals surface area contributed by atoms with Gasteiger partial charge in [0.05, 0.1) is 18.1 Å². The molecule has 2 unspecified atom stereocenters. The third-order valence-corrected chi connectivity index (χ3v) is 5.88. The summed E-state index contributed by atoms with van der Waals surface area (Å²) in [7, 11) is 0. The summed E-state index contributed by atoms with van der Waals surface area (Å²) in [5, 5.41) is 10.6. The van der Waals surface area contributed by atoms with E-state index in [0.717, 1.165) is 11.1 Å². The van der Waals surface area contributed by atoms with E-state index in [2.05, 4.69) is 0 Å². The number of carboxylic acid groups (broad SMARTS) is 1. The Hall–Kier alpha value is -2.66. The first-order valence-corrected chi connectivity index (χ1v) is 9.79. The van der Waals surface area contributed by atoms with Crippen molar-refractivity contribution in [3.05, 3.63) is 107 Å². The van der Waals surface area contributed by atoms with Crippen LogP contribution in [0.25, 0.3) is 0 Å². The molecule has 0 bridgehead atoms. The number of benzene rings is 3. The van der Waals surface area contributed by atoms with Crippen LogP contribution in [-0.2, 0) is 25.5 Å². The van der Waals surface area contributed by atoms with Crippen molar-refractivity contribution in [2.75, 3.05) is 6.61 Å². The Labute approximate surface area is 174 Å². The molecule has 0 amide bonds. The lowest BCUT2D eigenvalue weighted by atomic mass is 9.70. The van der Waals surface area contributed by atoms with Gasteiger partial charge < -0.3 is 14.6 Å². The van der Waals surface area contributed by atoms with Crippen LogP contribution in [0.1, 0.15) is 23.6 Å². The summed E-state index contributed by atoms with van der Waals surface area (Å²) in [4.78, 5) is 12.3. The predicted octanol–water partition coefficient (Wildman–Crippen LogP) is 5.00. The highest BCUT2D eigenvalue weighted by Gasteiger charge is 2.56. The molecule has 1 saturated heterocycles. The number of rotatable bonds is 4. The molecule has 1 heterocycles. The molecule has 29 heavy (non-hydrogen) atoms. The zero-order chi connectivity index (χ0) is 20.5. The zero-order valence-electron chi connectivity index (χ0n) is 15.9. The highest BCUT2D eigenvalue weighted by atomic mass is 35.5. The molecule has 0 radical (unpaired) electrons. The SMILES string of the molecule is CC1OC(C(=O)O)(c2ccc(Cl)cc2)OCC1(c1ccccc1)c1ccccc1. The first-order valence-electron chi connectivity index (χ1n) is 9.41. The zero-order valence-corrected chi connectivity index (χ0v) is 16.7. The summed E-state index contributed by atoms with van der Waals surface area (Å²) in [6.07, 6.45) is -0.479. The van der Waals surface area contributed by atoms with Crippen molar-refractivity contribution in [2.24, 2.45) is 0 Å². The second kappa shape index (κ2) is 7.64. The van der Waals surface area contributed by atoms with Gasteiger partial charge in [-0.25, -0.2) is 4.79 Å². The minimum atomic E-state index is -1.89. The van der Waals surface area contributed by atoms with E-state index < -0.39 is 23.3 Å². The third-order valence-electron chi connectivity index (χ3n) is 5.62. The van der Waals surface area contributed by atoms with E-state index in [1.54, 1.807) is 24.3 Å². The molecule has 1 fully saturated rings. The van der Waals surface area contributed by atoms with Gasteiger partial charge in [-0.05, 0) is 30.2 Å². The minimum absolute atomic E-state index is 0.150. The maximum atomic E-state index is 12.3. The van der Waals surface area contributed by atoms with Gasteiger partial charge >= 0.3 is 5.97 Å². The van der Waals surface area contributed by atoms with Crippen LogP contribution >= 0.6 is 11.6 Å². The maximum Gasteiger partial charge on any atom is 0.369 e. The largest absolute Gasteiger partial charge is 0.477 e. The van der Waals surface area contributed by atoms with Crippen molar-refractivity contribution >= 4 is 17.6 Å². The molecule has 0 aliphatic carbocycles. The van der Waals surface area contributed by atoms with Gasteiger partial charge in [0.25, 0.3) is 5.79 Å². The fourth-order valence-corrected chi connectivity index (χ4v) is 4.17. The number of hydrogen-bond acceptors (Lipinski definition) is 3. The molecule has 148 valence electrons. The van der Waals surface area contributed by atoms with E-state index in [1.807, 2.05) is 67.6 Å². The lowest BCUT2D eigenvalue weighted by Crippen LogP contribution is -2.58. The lowest BCUT2D eigenvalue weighted by molar-refractivity contribution is -0.309. The number of hydrogen-bond donors (Lipinski definition) is 1. The van der Waals surface area contributed by atoms with Crippen molar-refractivity contribution in [3.8, 4) is 0 Å². The highest BCUT2D eigenvalue weighted by molar-refractivity contribution is 6.30. The van der Waals surface area contributed by atoms with E-state index in [4.69, 9.17) is 21.1 Å². The van der Waals surface area contributed by atoms with Crippen LogP contribution in [-0.4, -0.2) is 23.8 Å². The summed E-state index contributed by atoms with van der Waals surface area (Å²) < 4.78 is 12.3. The van der Waals surface area contributed by atoms with Gasteiger partial charge in [0.15, 0.2) is 0 Å². The van der Waals surface area contributed by atoms with Crippen LogP contribution < -0.4 is 0 Å². The van der Waals surface area contributed by atoms with Crippen LogP contribution in [0.5, 0.6) is 0 Å². The minimum Gasteiger partial charge on any atom is -0.477 e. The number of halogens is 1. The summed E-state index contributed by atoms with van der Waals surface area (Å²) >= 11 is 5.98. The summed E-state index contributed by atoms with van der Waals surface area (Å²) in [6, 6.07) is 26.4. The molecule has 3 aromatic carbocycles. The summed E-state index contributed by atoms with van der Waals surface area (Å²) in [5.41, 5.74) is 1.77. The van der Waals surface area contributed by atoms with E-state index in [1.165, 1.54) is 0 Å². The van der Waals surface area contributed by atoms with Crippen LogP contribution in [0.15, 0.2) is 84.9 Å². The lowest BCUT2D eigenvalue weighted by Gasteiger charge is -2.49. The van der Waals surface area contributed by atoms with Crippen LogP contribution in [0, 0.1) is 0 Å². The normalized spacial score (nSPS) is 23.4. The van der Waals surface area contributed by atoms with E-state index >= 15 is 0 Å². The molecule has 0 aromatic heterocycles. The molecule has 0 saturated carbocycles. The van der Waals surface area contributed by atoms with Crippen molar-refractivity contribution in [1.29, 1.82) is 0 Å². The van der Waals surface area contributed by atoms with Crippen LogP contribution in [0.2, 0.25) is 5.02 Å².